The molecule has 1 aromatic carbocycles. The van der Waals surface area contributed by atoms with Gasteiger partial charge in [-0.1, -0.05) is 79.6 Å². The maximum atomic E-state index is 5.79. The van der Waals surface area contributed by atoms with Gasteiger partial charge < -0.3 is 5.73 Å². The summed E-state index contributed by atoms with van der Waals surface area (Å²) in [6, 6.07) is 12.1. The average molecular weight is 537 g/mol. The van der Waals surface area contributed by atoms with Crippen LogP contribution in [0.1, 0.15) is 76.4 Å². The highest BCUT2D eigenvalue weighted by Gasteiger charge is 2.18. The van der Waals surface area contributed by atoms with E-state index in [1.807, 2.05) is 45.0 Å². The van der Waals surface area contributed by atoms with Crippen molar-refractivity contribution in [3.05, 3.63) is 77.5 Å². The molecule has 0 radical (unpaired) electrons. The van der Waals surface area contributed by atoms with Gasteiger partial charge in [-0.25, -0.2) is 19.2 Å². The molecule has 3 rings (SSSR count). The molecule has 1 fully saturated rings. The van der Waals surface area contributed by atoms with E-state index in [-0.39, 0.29) is 0 Å². The summed E-state index contributed by atoms with van der Waals surface area (Å²) in [5, 5.41) is 0. The number of aryl methyl sites for hydroxylation is 2. The van der Waals surface area contributed by atoms with E-state index >= 15 is 0 Å². The second kappa shape index (κ2) is 17.8. The SMILES string of the molecule is C=C(CCS(=C)(=C)C)CC1CCC(C)CC1.CCN=C/C(=C(\C)N)c1ccnc(C)n1.Cc1ccccc1. The number of aliphatic imine (C=N–C) groups is 1. The lowest BCUT2D eigenvalue weighted by Crippen LogP contribution is -2.12. The van der Waals surface area contributed by atoms with E-state index in [0.717, 1.165) is 47.6 Å². The zero-order chi connectivity index (χ0) is 28.6. The van der Waals surface area contributed by atoms with Crippen LogP contribution in [0.15, 0.2) is 65.4 Å². The molecule has 0 atom stereocenters. The van der Waals surface area contributed by atoms with Crippen LogP contribution < -0.4 is 5.73 Å². The Hall–Kier alpha value is -2.66. The Balaban J connectivity index is 0.000000305. The fourth-order valence-electron chi connectivity index (χ4n) is 4.13. The fourth-order valence-corrected chi connectivity index (χ4v) is 4.91. The lowest BCUT2D eigenvalue weighted by Gasteiger charge is -2.26. The van der Waals surface area contributed by atoms with Crippen molar-refractivity contribution in [3.63, 3.8) is 0 Å². The lowest BCUT2D eigenvalue weighted by molar-refractivity contribution is 0.288. The Bertz CT molecular complexity index is 1120. The standard InChI is InChI=1S/C15H28S.C11H16N4.C7H8/c1-13-6-8-15(9-7-13)12-14(2)10-11-16(3,4)5;1-4-13-7-10(8(2)12)11-5-6-14-9(3)15-11;1-7-5-3-2-4-6-7/h13,15H,2-4,6-12H2,1,5H3;5-7H,4,12H2,1-3H3;2-6H,1H3/b;10-8-,13-7?;. The summed E-state index contributed by atoms with van der Waals surface area (Å²) in [6.07, 6.45) is 13.7. The first-order valence-electron chi connectivity index (χ1n) is 13.8. The lowest BCUT2D eigenvalue weighted by atomic mass is 9.80. The summed E-state index contributed by atoms with van der Waals surface area (Å²) in [5.74, 6) is 12.0. The third-order valence-electron chi connectivity index (χ3n) is 6.48. The molecule has 4 nitrogen and oxygen atoms in total. The van der Waals surface area contributed by atoms with Crippen LogP contribution in [0.2, 0.25) is 0 Å². The first-order chi connectivity index (χ1) is 17.9. The molecular formula is C33H52N4S. The summed E-state index contributed by atoms with van der Waals surface area (Å²) < 4.78 is 0. The average Bonchev–Trinajstić information content (AvgIpc) is 2.85. The predicted octanol–water partition coefficient (Wildman–Crippen LogP) is 8.01. The number of allylic oxidation sites excluding steroid dienone is 3. The van der Waals surface area contributed by atoms with Gasteiger partial charge in [0.2, 0.25) is 0 Å². The normalized spacial score (nSPS) is 17.9. The third kappa shape index (κ3) is 15.6. The molecule has 210 valence electrons. The van der Waals surface area contributed by atoms with Gasteiger partial charge in [0.05, 0.1) is 5.69 Å². The van der Waals surface area contributed by atoms with Crippen LogP contribution >= 0.6 is 9.21 Å². The van der Waals surface area contributed by atoms with Crippen LogP contribution in [-0.2, 0) is 0 Å². The van der Waals surface area contributed by atoms with Crippen LogP contribution in [0.25, 0.3) is 5.57 Å². The van der Waals surface area contributed by atoms with Crippen molar-refractivity contribution in [3.8, 4) is 0 Å². The number of hydrogen-bond donors (Lipinski definition) is 1. The number of hydrogen-bond acceptors (Lipinski definition) is 4. The van der Waals surface area contributed by atoms with Gasteiger partial charge in [0.15, 0.2) is 0 Å². The number of rotatable bonds is 8. The van der Waals surface area contributed by atoms with Crippen molar-refractivity contribution in [2.45, 2.75) is 73.1 Å². The molecule has 1 aromatic heterocycles. The molecule has 1 saturated carbocycles. The van der Waals surface area contributed by atoms with Crippen molar-refractivity contribution in [1.82, 2.24) is 9.97 Å². The summed E-state index contributed by atoms with van der Waals surface area (Å²) in [7, 11) is -0.830. The number of nitrogens with zero attached hydrogens (tertiary/aromatic N) is 3. The molecule has 2 aromatic rings. The minimum absolute atomic E-state index is 0.713. The van der Waals surface area contributed by atoms with Crippen molar-refractivity contribution in [2.75, 3.05) is 18.6 Å². The Morgan fingerprint density at radius 2 is 1.74 bits per heavy atom. The van der Waals surface area contributed by atoms with Crippen LogP contribution in [-0.4, -0.2) is 46.5 Å². The molecule has 0 unspecified atom stereocenters. The Kier molecular flexibility index (Phi) is 15.6. The van der Waals surface area contributed by atoms with Gasteiger partial charge in [0.25, 0.3) is 0 Å². The van der Waals surface area contributed by atoms with E-state index in [4.69, 9.17) is 5.73 Å². The van der Waals surface area contributed by atoms with Gasteiger partial charge in [-0.05, 0) is 83.3 Å². The maximum absolute atomic E-state index is 5.79. The monoisotopic (exact) mass is 536 g/mol. The molecule has 0 amide bonds. The zero-order valence-electron chi connectivity index (χ0n) is 24.9. The highest BCUT2D eigenvalue weighted by atomic mass is 32.2. The molecule has 0 spiro atoms. The van der Waals surface area contributed by atoms with E-state index in [2.05, 4.69) is 65.5 Å². The summed E-state index contributed by atoms with van der Waals surface area (Å²) in [6.45, 7) is 15.1. The first-order valence-corrected chi connectivity index (χ1v) is 16.3. The van der Waals surface area contributed by atoms with E-state index in [1.165, 1.54) is 43.2 Å². The van der Waals surface area contributed by atoms with Gasteiger partial charge in [-0.3, -0.25) is 4.99 Å². The highest BCUT2D eigenvalue weighted by molar-refractivity contribution is 8.27. The van der Waals surface area contributed by atoms with E-state index in [1.54, 1.807) is 12.4 Å². The summed E-state index contributed by atoms with van der Waals surface area (Å²) in [5.41, 5.74) is 10.9. The van der Waals surface area contributed by atoms with Gasteiger partial charge in [0, 0.05) is 30.2 Å². The zero-order valence-corrected chi connectivity index (χ0v) is 25.7. The second-order valence-electron chi connectivity index (χ2n) is 10.9. The van der Waals surface area contributed by atoms with Crippen LogP contribution in [0.3, 0.4) is 0 Å². The Morgan fingerprint density at radius 1 is 1.11 bits per heavy atom. The van der Waals surface area contributed by atoms with E-state index in [0.29, 0.717) is 5.70 Å². The second-order valence-corrected chi connectivity index (χ2v) is 14.2. The largest absolute Gasteiger partial charge is 0.402 e. The minimum atomic E-state index is -0.830. The molecule has 0 aliphatic heterocycles. The first kappa shape index (κ1) is 33.4. The molecule has 0 saturated heterocycles. The Morgan fingerprint density at radius 3 is 2.21 bits per heavy atom. The van der Waals surface area contributed by atoms with E-state index < -0.39 is 9.21 Å². The van der Waals surface area contributed by atoms with Gasteiger partial charge >= 0.3 is 0 Å². The number of benzene rings is 1. The highest BCUT2D eigenvalue weighted by Crippen LogP contribution is 2.33. The van der Waals surface area contributed by atoms with Crippen molar-refractivity contribution in [1.29, 1.82) is 0 Å². The van der Waals surface area contributed by atoms with Crippen LogP contribution in [0.4, 0.5) is 0 Å². The van der Waals surface area contributed by atoms with E-state index in [9.17, 15) is 0 Å². The fraction of sp³-hybridized carbons (Fsp3) is 0.485. The van der Waals surface area contributed by atoms with Crippen molar-refractivity contribution < 1.29 is 0 Å². The van der Waals surface area contributed by atoms with Crippen LogP contribution in [0.5, 0.6) is 0 Å². The van der Waals surface area contributed by atoms with Crippen molar-refractivity contribution >= 4 is 32.7 Å². The molecule has 38 heavy (non-hydrogen) atoms. The van der Waals surface area contributed by atoms with Crippen LogP contribution in [0, 0.1) is 25.7 Å². The smallest absolute Gasteiger partial charge is 0.125 e. The number of aromatic nitrogens is 2. The summed E-state index contributed by atoms with van der Waals surface area (Å²) in [4.78, 5) is 12.5. The Labute approximate surface area is 234 Å². The molecule has 2 N–H and O–H groups in total. The molecular weight excluding hydrogens is 484 g/mol. The van der Waals surface area contributed by atoms with Gasteiger partial charge in [0.1, 0.15) is 5.82 Å². The van der Waals surface area contributed by atoms with Crippen molar-refractivity contribution in [2.24, 2.45) is 22.6 Å². The van der Waals surface area contributed by atoms with Gasteiger partial charge in [-0.2, -0.15) is 0 Å². The maximum Gasteiger partial charge on any atom is 0.125 e. The molecule has 1 aliphatic carbocycles. The predicted molar refractivity (Wildman–Crippen MR) is 176 cm³/mol. The molecule has 5 heteroatoms. The summed E-state index contributed by atoms with van der Waals surface area (Å²) >= 11 is 0. The number of nitrogens with two attached hydrogens (primary N) is 1. The minimum Gasteiger partial charge on any atom is -0.402 e. The molecule has 1 aliphatic rings. The quantitative estimate of drug-likeness (QED) is 0.211. The van der Waals surface area contributed by atoms with Gasteiger partial charge in [-0.15, -0.1) is 0 Å². The molecule has 1 heterocycles. The third-order valence-corrected chi connectivity index (χ3v) is 7.67. The topological polar surface area (TPSA) is 64.2 Å². The molecule has 0 bridgehead atoms.